The molecule has 0 fully saturated rings. The molecule has 0 spiro atoms. The molecule has 0 atom stereocenters. The van der Waals surface area contributed by atoms with Crippen LogP contribution in [-0.4, -0.2) is 32.5 Å². The first-order chi connectivity index (χ1) is 17.7. The minimum absolute atomic E-state index is 0.305. The highest BCUT2D eigenvalue weighted by Gasteiger charge is 2.31. The van der Waals surface area contributed by atoms with E-state index in [0.29, 0.717) is 16.6 Å². The Morgan fingerprint density at radius 2 is 1.81 bits per heavy atom. The standard InChI is InChI=1S/C26H23F3N6OS/c1-3-19-6-4-5-17(2)23(19)32-25(37)33-31-15-18-7-9-20(10-8-18)24-30-16-35(34-24)21-11-13-22(14-12-21)36-26(27,28)29/h4-16H,3H2,1-2H3,(H2,32,33,37)/b31-15+. The van der Waals surface area contributed by atoms with Gasteiger partial charge in [-0.1, -0.05) is 49.4 Å². The van der Waals surface area contributed by atoms with Crippen LogP contribution in [0, 0.1) is 6.92 Å². The maximum atomic E-state index is 12.3. The van der Waals surface area contributed by atoms with Crippen LogP contribution >= 0.6 is 12.2 Å². The van der Waals surface area contributed by atoms with Crippen molar-refractivity contribution in [3.63, 3.8) is 0 Å². The zero-order valence-electron chi connectivity index (χ0n) is 20.0. The van der Waals surface area contributed by atoms with Gasteiger partial charge in [0, 0.05) is 11.3 Å². The van der Waals surface area contributed by atoms with E-state index in [1.54, 1.807) is 6.21 Å². The van der Waals surface area contributed by atoms with Crippen molar-refractivity contribution < 1.29 is 17.9 Å². The highest BCUT2D eigenvalue weighted by Crippen LogP contribution is 2.24. The Labute approximate surface area is 217 Å². The topological polar surface area (TPSA) is 76.4 Å². The third kappa shape index (κ3) is 6.91. The summed E-state index contributed by atoms with van der Waals surface area (Å²) >= 11 is 5.36. The number of anilines is 1. The fourth-order valence-electron chi connectivity index (χ4n) is 3.55. The first kappa shape index (κ1) is 25.8. The lowest BCUT2D eigenvalue weighted by atomic mass is 10.1. The van der Waals surface area contributed by atoms with Crippen LogP contribution in [0.4, 0.5) is 18.9 Å². The quantitative estimate of drug-likeness (QED) is 0.175. The SMILES string of the molecule is CCc1cccc(C)c1NC(=S)N/N=C/c1ccc(-c2ncn(-c3ccc(OC(F)(F)F)cc3)n2)cc1. The van der Waals surface area contributed by atoms with Gasteiger partial charge in [0.25, 0.3) is 0 Å². The number of nitrogens with one attached hydrogen (secondary N) is 2. The number of para-hydroxylation sites is 1. The summed E-state index contributed by atoms with van der Waals surface area (Å²) in [6.07, 6.45) is -0.719. The lowest BCUT2D eigenvalue weighted by Crippen LogP contribution is -2.25. The van der Waals surface area contributed by atoms with E-state index in [0.717, 1.165) is 28.8 Å². The second-order valence-corrected chi connectivity index (χ2v) is 8.37. The first-order valence-electron chi connectivity index (χ1n) is 11.3. The fourth-order valence-corrected chi connectivity index (χ4v) is 3.70. The summed E-state index contributed by atoms with van der Waals surface area (Å²) in [5.41, 5.74) is 8.25. The molecule has 7 nitrogen and oxygen atoms in total. The monoisotopic (exact) mass is 524 g/mol. The number of benzene rings is 3. The van der Waals surface area contributed by atoms with Crippen LogP contribution in [0.3, 0.4) is 0 Å². The summed E-state index contributed by atoms with van der Waals surface area (Å²) in [4.78, 5) is 4.29. The predicted molar refractivity (Wildman–Crippen MR) is 141 cm³/mol. The van der Waals surface area contributed by atoms with Crippen molar-refractivity contribution in [1.82, 2.24) is 20.2 Å². The minimum Gasteiger partial charge on any atom is -0.406 e. The smallest absolute Gasteiger partial charge is 0.406 e. The van der Waals surface area contributed by atoms with Crippen molar-refractivity contribution in [3.8, 4) is 22.8 Å². The van der Waals surface area contributed by atoms with E-state index >= 15 is 0 Å². The summed E-state index contributed by atoms with van der Waals surface area (Å²) in [7, 11) is 0. The number of hydrazone groups is 1. The molecule has 4 aromatic rings. The number of hydrogen-bond acceptors (Lipinski definition) is 5. The molecule has 0 saturated carbocycles. The molecule has 190 valence electrons. The van der Waals surface area contributed by atoms with Crippen LogP contribution in [0.25, 0.3) is 17.1 Å². The van der Waals surface area contributed by atoms with Crippen molar-refractivity contribution in [2.24, 2.45) is 5.10 Å². The number of halogens is 3. The molecule has 0 saturated heterocycles. The van der Waals surface area contributed by atoms with Crippen LogP contribution < -0.4 is 15.5 Å². The molecule has 0 aliphatic carbocycles. The molecule has 0 aliphatic heterocycles. The van der Waals surface area contributed by atoms with Crippen molar-refractivity contribution in [3.05, 3.63) is 89.7 Å². The van der Waals surface area contributed by atoms with Crippen LogP contribution in [0.1, 0.15) is 23.6 Å². The van der Waals surface area contributed by atoms with E-state index in [4.69, 9.17) is 12.2 Å². The molecule has 0 bridgehead atoms. The number of aryl methyl sites for hydroxylation is 2. The van der Waals surface area contributed by atoms with Gasteiger partial charge < -0.3 is 10.1 Å². The Bertz CT molecular complexity index is 1400. The third-order valence-electron chi connectivity index (χ3n) is 5.35. The van der Waals surface area contributed by atoms with Gasteiger partial charge in [0.15, 0.2) is 10.9 Å². The van der Waals surface area contributed by atoms with Gasteiger partial charge >= 0.3 is 6.36 Å². The number of ether oxygens (including phenoxy) is 1. The largest absolute Gasteiger partial charge is 0.573 e. The Morgan fingerprint density at radius 1 is 1.08 bits per heavy atom. The van der Waals surface area contributed by atoms with E-state index in [1.165, 1.54) is 40.8 Å². The van der Waals surface area contributed by atoms with Crippen molar-refractivity contribution in [2.75, 3.05) is 5.32 Å². The zero-order valence-corrected chi connectivity index (χ0v) is 20.8. The molecule has 0 amide bonds. The fraction of sp³-hybridized carbons (Fsp3) is 0.154. The van der Waals surface area contributed by atoms with Gasteiger partial charge in [0.1, 0.15) is 12.1 Å². The molecule has 1 heterocycles. The molecule has 0 radical (unpaired) electrons. The van der Waals surface area contributed by atoms with Gasteiger partial charge in [0.2, 0.25) is 0 Å². The number of hydrogen-bond donors (Lipinski definition) is 2. The maximum absolute atomic E-state index is 12.3. The Kier molecular flexibility index (Phi) is 7.83. The number of thiocarbonyl (C=S) groups is 1. The Hall–Kier alpha value is -4.25. The lowest BCUT2D eigenvalue weighted by Gasteiger charge is -2.14. The average molecular weight is 525 g/mol. The molecule has 3 aromatic carbocycles. The lowest BCUT2D eigenvalue weighted by molar-refractivity contribution is -0.274. The van der Waals surface area contributed by atoms with Crippen LogP contribution in [0.5, 0.6) is 5.75 Å². The predicted octanol–water partition coefficient (Wildman–Crippen LogP) is 6.02. The number of aromatic nitrogens is 3. The van der Waals surface area contributed by atoms with E-state index in [1.807, 2.05) is 43.3 Å². The van der Waals surface area contributed by atoms with E-state index < -0.39 is 6.36 Å². The average Bonchev–Trinajstić information content (AvgIpc) is 3.35. The summed E-state index contributed by atoms with van der Waals surface area (Å²) in [5.74, 6) is 0.160. The molecule has 0 unspecified atom stereocenters. The number of alkyl halides is 3. The molecule has 11 heteroatoms. The molecule has 37 heavy (non-hydrogen) atoms. The summed E-state index contributed by atoms with van der Waals surface area (Å²) in [5, 5.41) is 12.2. The first-order valence-corrected chi connectivity index (χ1v) is 11.7. The maximum Gasteiger partial charge on any atom is 0.573 e. The van der Waals surface area contributed by atoms with Crippen molar-refractivity contribution in [1.29, 1.82) is 0 Å². The second-order valence-electron chi connectivity index (χ2n) is 7.96. The zero-order chi connectivity index (χ0) is 26.4. The summed E-state index contributed by atoms with van der Waals surface area (Å²) < 4.78 is 42.4. The van der Waals surface area contributed by atoms with Gasteiger partial charge in [0.05, 0.1) is 11.9 Å². The van der Waals surface area contributed by atoms with Crippen LogP contribution in [0.15, 0.2) is 78.2 Å². The Morgan fingerprint density at radius 3 is 2.49 bits per heavy atom. The third-order valence-corrected chi connectivity index (χ3v) is 5.55. The second kappa shape index (κ2) is 11.2. The summed E-state index contributed by atoms with van der Waals surface area (Å²) in [6.45, 7) is 4.11. The van der Waals surface area contributed by atoms with E-state index in [-0.39, 0.29) is 5.75 Å². The van der Waals surface area contributed by atoms with Gasteiger partial charge in [-0.15, -0.1) is 18.3 Å². The number of nitrogens with zero attached hydrogens (tertiary/aromatic N) is 4. The van der Waals surface area contributed by atoms with Gasteiger partial charge in [-0.3, -0.25) is 5.43 Å². The summed E-state index contributed by atoms with van der Waals surface area (Å²) in [6, 6.07) is 18.9. The normalized spacial score (nSPS) is 11.5. The Balaban J connectivity index is 1.35. The molecule has 1 aromatic heterocycles. The van der Waals surface area contributed by atoms with E-state index in [2.05, 4.69) is 43.7 Å². The minimum atomic E-state index is -4.74. The van der Waals surface area contributed by atoms with Gasteiger partial charge in [-0.2, -0.15) is 5.10 Å². The van der Waals surface area contributed by atoms with Crippen LogP contribution in [-0.2, 0) is 6.42 Å². The highest BCUT2D eigenvalue weighted by molar-refractivity contribution is 7.80. The van der Waals surface area contributed by atoms with Crippen molar-refractivity contribution >= 4 is 29.2 Å². The highest BCUT2D eigenvalue weighted by atomic mass is 32.1. The molecular weight excluding hydrogens is 501 g/mol. The van der Waals surface area contributed by atoms with Crippen LogP contribution in [0.2, 0.25) is 0 Å². The molecular formula is C26H23F3N6OS. The molecule has 2 N–H and O–H groups in total. The molecule has 4 rings (SSSR count). The van der Waals surface area contributed by atoms with Gasteiger partial charge in [-0.25, -0.2) is 9.67 Å². The number of rotatable bonds is 7. The van der Waals surface area contributed by atoms with Gasteiger partial charge in [-0.05, 0) is 66.5 Å². The van der Waals surface area contributed by atoms with Crippen molar-refractivity contribution in [2.45, 2.75) is 26.6 Å². The molecule has 0 aliphatic rings. The van der Waals surface area contributed by atoms with E-state index in [9.17, 15) is 13.2 Å².